The number of benzene rings is 2. The molecular formula is C24H30O8. The number of hydrogen-bond donors (Lipinski definition) is 0. The van der Waals surface area contributed by atoms with E-state index >= 15 is 0 Å². The number of cyclic esters (lactones) is 1. The van der Waals surface area contributed by atoms with E-state index in [4.69, 9.17) is 33.2 Å². The molecule has 2 aromatic carbocycles. The quantitative estimate of drug-likeness (QED) is 0.540. The number of carbonyl (C=O) groups is 1. The Labute approximate surface area is 188 Å². The predicted molar refractivity (Wildman–Crippen MR) is 118 cm³/mol. The first kappa shape index (κ1) is 23.4. The Hall–Kier alpha value is -3.29. The molecule has 1 aliphatic rings. The lowest BCUT2D eigenvalue weighted by Crippen LogP contribution is -2.22. The summed E-state index contributed by atoms with van der Waals surface area (Å²) < 4.78 is 38.6. The van der Waals surface area contributed by atoms with Gasteiger partial charge >= 0.3 is 5.97 Å². The fourth-order valence-electron chi connectivity index (χ4n) is 4.26. The van der Waals surface area contributed by atoms with Crippen molar-refractivity contribution in [3.63, 3.8) is 0 Å². The van der Waals surface area contributed by atoms with Crippen LogP contribution in [0.5, 0.6) is 34.5 Å². The van der Waals surface area contributed by atoms with Gasteiger partial charge in [0.25, 0.3) is 0 Å². The minimum absolute atomic E-state index is 0.131. The summed E-state index contributed by atoms with van der Waals surface area (Å²) in [6, 6.07) is 7.57. The van der Waals surface area contributed by atoms with Crippen molar-refractivity contribution in [3.05, 3.63) is 35.4 Å². The van der Waals surface area contributed by atoms with Crippen molar-refractivity contribution >= 4 is 5.97 Å². The first-order chi connectivity index (χ1) is 15.4. The zero-order valence-corrected chi connectivity index (χ0v) is 19.5. The monoisotopic (exact) mass is 446 g/mol. The third kappa shape index (κ3) is 4.09. The maximum Gasteiger partial charge on any atom is 0.309 e. The normalized spacial score (nSPS) is 17.7. The van der Waals surface area contributed by atoms with Crippen LogP contribution in [0.2, 0.25) is 0 Å². The van der Waals surface area contributed by atoms with E-state index in [1.54, 1.807) is 42.7 Å². The van der Waals surface area contributed by atoms with Crippen LogP contribution in [0.15, 0.2) is 24.3 Å². The molecule has 8 heteroatoms. The van der Waals surface area contributed by atoms with Crippen molar-refractivity contribution in [3.8, 4) is 34.5 Å². The van der Waals surface area contributed by atoms with Gasteiger partial charge in [0.05, 0.1) is 55.2 Å². The Morgan fingerprint density at radius 1 is 0.719 bits per heavy atom. The minimum Gasteiger partial charge on any atom is -0.493 e. The molecule has 0 unspecified atom stereocenters. The van der Waals surface area contributed by atoms with Gasteiger partial charge in [-0.05, 0) is 35.4 Å². The Morgan fingerprint density at radius 2 is 1.09 bits per heavy atom. The number of esters is 1. The molecule has 2 aromatic rings. The van der Waals surface area contributed by atoms with Gasteiger partial charge in [-0.1, -0.05) is 6.92 Å². The average molecular weight is 446 g/mol. The summed E-state index contributed by atoms with van der Waals surface area (Å²) in [5.41, 5.74) is 1.76. The molecule has 32 heavy (non-hydrogen) atoms. The van der Waals surface area contributed by atoms with Crippen LogP contribution in [0.25, 0.3) is 0 Å². The number of ether oxygens (including phenoxy) is 7. The standard InChI is InChI=1S/C24H30O8/c1-13-16(12-32-24(13)25)21(14-8-17(26-2)22(30-6)18(9-14)27-3)15-10-19(28-4)23(31-7)20(11-15)29-5/h8-11,13,16,21H,12H2,1-7H3/t13-,16+/m0/s1. The van der Waals surface area contributed by atoms with Crippen molar-refractivity contribution in [2.45, 2.75) is 12.8 Å². The number of methoxy groups -OCH3 is 6. The third-order valence-corrected chi connectivity index (χ3v) is 5.95. The highest BCUT2D eigenvalue weighted by atomic mass is 16.5. The van der Waals surface area contributed by atoms with Crippen LogP contribution < -0.4 is 28.4 Å². The van der Waals surface area contributed by atoms with Gasteiger partial charge in [-0.2, -0.15) is 0 Å². The highest BCUT2D eigenvalue weighted by molar-refractivity contribution is 5.75. The molecule has 0 saturated carbocycles. The van der Waals surface area contributed by atoms with E-state index in [9.17, 15) is 4.79 Å². The van der Waals surface area contributed by atoms with E-state index in [0.717, 1.165) is 11.1 Å². The second-order valence-electron chi connectivity index (χ2n) is 7.48. The summed E-state index contributed by atoms with van der Waals surface area (Å²) in [6.07, 6.45) is 0. The summed E-state index contributed by atoms with van der Waals surface area (Å²) in [5, 5.41) is 0. The minimum atomic E-state index is -0.307. The molecule has 2 atom stereocenters. The molecule has 1 heterocycles. The molecule has 8 nitrogen and oxygen atoms in total. The zero-order chi connectivity index (χ0) is 23.4. The number of hydrogen-bond acceptors (Lipinski definition) is 8. The molecule has 0 radical (unpaired) electrons. The summed E-state index contributed by atoms with van der Waals surface area (Å²) in [7, 11) is 9.39. The van der Waals surface area contributed by atoms with Crippen LogP contribution >= 0.6 is 0 Å². The Morgan fingerprint density at radius 3 is 1.34 bits per heavy atom. The highest BCUT2D eigenvalue weighted by Gasteiger charge is 2.41. The van der Waals surface area contributed by atoms with Gasteiger partial charge in [0, 0.05) is 11.8 Å². The van der Waals surface area contributed by atoms with Gasteiger partial charge in [-0.25, -0.2) is 0 Å². The second kappa shape index (κ2) is 9.89. The molecule has 0 aliphatic carbocycles. The lowest BCUT2D eigenvalue weighted by atomic mass is 9.76. The van der Waals surface area contributed by atoms with Crippen LogP contribution in [0, 0.1) is 11.8 Å². The maximum atomic E-state index is 12.3. The van der Waals surface area contributed by atoms with Crippen molar-refractivity contribution in [1.82, 2.24) is 0 Å². The summed E-state index contributed by atoms with van der Waals surface area (Å²) in [4.78, 5) is 12.3. The van der Waals surface area contributed by atoms with Crippen molar-refractivity contribution in [1.29, 1.82) is 0 Å². The van der Waals surface area contributed by atoms with Gasteiger partial charge in [-0.15, -0.1) is 0 Å². The van der Waals surface area contributed by atoms with Gasteiger partial charge in [-0.3, -0.25) is 4.79 Å². The molecule has 1 fully saturated rings. The average Bonchev–Trinajstić information content (AvgIpc) is 3.15. The molecule has 0 aromatic heterocycles. The van der Waals surface area contributed by atoms with E-state index in [1.807, 2.05) is 31.2 Å². The van der Waals surface area contributed by atoms with Gasteiger partial charge in [0.15, 0.2) is 23.0 Å². The molecule has 1 saturated heterocycles. The third-order valence-electron chi connectivity index (χ3n) is 5.95. The lowest BCUT2D eigenvalue weighted by Gasteiger charge is -2.28. The fraction of sp³-hybridized carbons (Fsp3) is 0.458. The summed E-state index contributed by atoms with van der Waals surface area (Å²) in [6.45, 7) is 2.17. The van der Waals surface area contributed by atoms with E-state index in [-0.39, 0.29) is 30.3 Å². The van der Waals surface area contributed by atoms with Gasteiger partial charge in [0.2, 0.25) is 11.5 Å². The van der Waals surface area contributed by atoms with Crippen molar-refractivity contribution in [2.24, 2.45) is 11.8 Å². The van der Waals surface area contributed by atoms with E-state index in [1.165, 1.54) is 0 Å². The van der Waals surface area contributed by atoms with Crippen molar-refractivity contribution in [2.75, 3.05) is 49.3 Å². The molecule has 0 N–H and O–H groups in total. The Kier molecular flexibility index (Phi) is 7.22. The molecule has 0 bridgehead atoms. The van der Waals surface area contributed by atoms with Gasteiger partial charge < -0.3 is 33.2 Å². The maximum absolute atomic E-state index is 12.3. The number of rotatable bonds is 9. The summed E-state index contributed by atoms with van der Waals surface area (Å²) in [5.74, 6) is 2.18. The predicted octanol–water partition coefficient (Wildman–Crippen LogP) is 3.68. The summed E-state index contributed by atoms with van der Waals surface area (Å²) >= 11 is 0. The smallest absolute Gasteiger partial charge is 0.309 e. The highest BCUT2D eigenvalue weighted by Crippen LogP contribution is 2.49. The first-order valence-electron chi connectivity index (χ1n) is 10.2. The largest absolute Gasteiger partial charge is 0.493 e. The Balaban J connectivity index is 2.27. The van der Waals surface area contributed by atoms with Crippen LogP contribution in [0.3, 0.4) is 0 Å². The topological polar surface area (TPSA) is 81.7 Å². The van der Waals surface area contributed by atoms with E-state index in [2.05, 4.69) is 0 Å². The fourth-order valence-corrected chi connectivity index (χ4v) is 4.26. The SMILES string of the molecule is COc1cc(C(c2cc(OC)c(OC)c(OC)c2)[C@@H]2COC(=O)[C@H]2C)cc(OC)c1OC. The molecule has 1 aliphatic heterocycles. The molecular weight excluding hydrogens is 416 g/mol. The van der Waals surface area contributed by atoms with Crippen LogP contribution in [0.1, 0.15) is 24.0 Å². The van der Waals surface area contributed by atoms with Crippen molar-refractivity contribution < 1.29 is 38.0 Å². The lowest BCUT2D eigenvalue weighted by molar-refractivity contribution is -0.140. The number of carbonyl (C=O) groups excluding carboxylic acids is 1. The molecule has 0 amide bonds. The molecule has 3 rings (SSSR count). The molecule has 174 valence electrons. The van der Waals surface area contributed by atoms with Gasteiger partial charge in [0.1, 0.15) is 0 Å². The first-order valence-corrected chi connectivity index (χ1v) is 10.2. The Bertz CT molecular complexity index is 857. The molecule has 0 spiro atoms. The zero-order valence-electron chi connectivity index (χ0n) is 19.5. The van der Waals surface area contributed by atoms with E-state index in [0.29, 0.717) is 34.5 Å². The van der Waals surface area contributed by atoms with E-state index < -0.39 is 0 Å². The van der Waals surface area contributed by atoms with Crippen LogP contribution in [-0.2, 0) is 9.53 Å². The van der Waals surface area contributed by atoms with Crippen LogP contribution in [-0.4, -0.2) is 55.2 Å². The van der Waals surface area contributed by atoms with Crippen LogP contribution in [0.4, 0.5) is 0 Å². The second-order valence-corrected chi connectivity index (χ2v) is 7.48.